The van der Waals surface area contributed by atoms with E-state index in [1.165, 1.54) is 16.9 Å². The normalized spacial score (nSPS) is 11.3. The summed E-state index contributed by atoms with van der Waals surface area (Å²) in [7, 11) is 0. The van der Waals surface area contributed by atoms with Gasteiger partial charge in [-0.15, -0.1) is 11.3 Å². The Morgan fingerprint density at radius 3 is 2.47 bits per heavy atom. The number of benzene rings is 1. The standard InChI is InChI=1S/C16H19NOS/c1-16(2,3)17-15(18)14-13(9-10-19-14)11-12-7-5-4-6-8-12/h4-10H,11H2,1-3H3,(H,17,18). The van der Waals surface area contributed by atoms with Gasteiger partial charge in [-0.05, 0) is 49.8 Å². The molecule has 0 unspecified atom stereocenters. The van der Waals surface area contributed by atoms with Crippen molar-refractivity contribution in [1.82, 2.24) is 5.32 Å². The molecule has 1 N–H and O–H groups in total. The van der Waals surface area contributed by atoms with E-state index in [0.717, 1.165) is 16.9 Å². The van der Waals surface area contributed by atoms with Gasteiger partial charge in [-0.25, -0.2) is 0 Å². The second-order valence-corrected chi connectivity index (χ2v) is 6.56. The summed E-state index contributed by atoms with van der Waals surface area (Å²) in [5.74, 6) is 0.0217. The van der Waals surface area contributed by atoms with Crippen molar-refractivity contribution in [3.8, 4) is 0 Å². The Bertz CT molecular complexity index is 552. The first-order valence-electron chi connectivity index (χ1n) is 6.38. The number of carbonyl (C=O) groups is 1. The summed E-state index contributed by atoms with van der Waals surface area (Å²) < 4.78 is 0. The Morgan fingerprint density at radius 2 is 1.84 bits per heavy atom. The zero-order valence-electron chi connectivity index (χ0n) is 11.6. The number of carbonyl (C=O) groups excluding carboxylic acids is 1. The molecule has 0 saturated carbocycles. The molecule has 0 atom stereocenters. The van der Waals surface area contributed by atoms with Crippen molar-refractivity contribution < 1.29 is 4.79 Å². The molecule has 0 spiro atoms. The molecule has 0 aliphatic carbocycles. The van der Waals surface area contributed by atoms with E-state index in [-0.39, 0.29) is 11.4 Å². The van der Waals surface area contributed by atoms with Gasteiger partial charge in [-0.2, -0.15) is 0 Å². The third-order valence-electron chi connectivity index (χ3n) is 2.68. The molecule has 0 bridgehead atoms. The summed E-state index contributed by atoms with van der Waals surface area (Å²) in [6.07, 6.45) is 0.803. The molecular formula is C16H19NOS. The molecule has 0 radical (unpaired) electrons. The highest BCUT2D eigenvalue weighted by Crippen LogP contribution is 2.21. The summed E-state index contributed by atoms with van der Waals surface area (Å²) in [5.41, 5.74) is 2.12. The molecule has 1 aromatic carbocycles. The third kappa shape index (κ3) is 3.93. The van der Waals surface area contributed by atoms with Gasteiger partial charge >= 0.3 is 0 Å². The van der Waals surface area contributed by atoms with E-state index in [1.54, 1.807) is 0 Å². The van der Waals surface area contributed by atoms with Crippen molar-refractivity contribution in [2.24, 2.45) is 0 Å². The Labute approximate surface area is 118 Å². The van der Waals surface area contributed by atoms with Crippen molar-refractivity contribution in [2.75, 3.05) is 0 Å². The second-order valence-electron chi connectivity index (χ2n) is 5.64. The number of nitrogens with one attached hydrogen (secondary N) is 1. The van der Waals surface area contributed by atoms with Gasteiger partial charge in [0, 0.05) is 5.54 Å². The molecule has 0 aliphatic rings. The minimum Gasteiger partial charge on any atom is -0.347 e. The lowest BCUT2D eigenvalue weighted by Crippen LogP contribution is -2.40. The van der Waals surface area contributed by atoms with Crippen molar-refractivity contribution in [2.45, 2.75) is 32.7 Å². The number of hydrogen-bond donors (Lipinski definition) is 1. The summed E-state index contributed by atoms with van der Waals surface area (Å²) in [4.78, 5) is 13.1. The smallest absolute Gasteiger partial charge is 0.262 e. The van der Waals surface area contributed by atoms with E-state index < -0.39 is 0 Å². The average Bonchev–Trinajstić information content (AvgIpc) is 2.76. The van der Waals surface area contributed by atoms with Crippen molar-refractivity contribution in [1.29, 1.82) is 0 Å². The highest BCUT2D eigenvalue weighted by atomic mass is 32.1. The number of rotatable bonds is 3. The highest BCUT2D eigenvalue weighted by molar-refractivity contribution is 7.12. The zero-order valence-corrected chi connectivity index (χ0v) is 12.4. The zero-order chi connectivity index (χ0) is 13.9. The monoisotopic (exact) mass is 273 g/mol. The van der Waals surface area contributed by atoms with Crippen LogP contribution in [0.25, 0.3) is 0 Å². The van der Waals surface area contributed by atoms with Gasteiger partial charge in [0.1, 0.15) is 0 Å². The van der Waals surface area contributed by atoms with E-state index in [4.69, 9.17) is 0 Å². The minimum atomic E-state index is -0.203. The SMILES string of the molecule is CC(C)(C)NC(=O)c1sccc1Cc1ccccc1. The molecule has 3 heteroatoms. The molecule has 19 heavy (non-hydrogen) atoms. The van der Waals surface area contributed by atoms with Crippen LogP contribution in [0, 0.1) is 0 Å². The summed E-state index contributed by atoms with van der Waals surface area (Å²) >= 11 is 1.51. The second kappa shape index (κ2) is 5.57. The molecular weight excluding hydrogens is 254 g/mol. The molecule has 100 valence electrons. The molecule has 1 heterocycles. The molecule has 2 rings (SSSR count). The number of amides is 1. The van der Waals surface area contributed by atoms with Gasteiger partial charge in [0.05, 0.1) is 4.88 Å². The van der Waals surface area contributed by atoms with Crippen LogP contribution in [0.2, 0.25) is 0 Å². The van der Waals surface area contributed by atoms with E-state index >= 15 is 0 Å². The predicted molar refractivity (Wildman–Crippen MR) is 80.8 cm³/mol. The van der Waals surface area contributed by atoms with Crippen LogP contribution in [-0.4, -0.2) is 11.4 Å². The van der Waals surface area contributed by atoms with Gasteiger partial charge in [-0.1, -0.05) is 30.3 Å². The number of thiophene rings is 1. The van der Waals surface area contributed by atoms with E-state index in [1.807, 2.05) is 50.4 Å². The molecule has 2 aromatic rings. The quantitative estimate of drug-likeness (QED) is 0.903. The van der Waals surface area contributed by atoms with E-state index in [2.05, 4.69) is 17.4 Å². The first-order chi connectivity index (χ1) is 8.96. The van der Waals surface area contributed by atoms with Crippen LogP contribution in [0.1, 0.15) is 41.6 Å². The van der Waals surface area contributed by atoms with Gasteiger partial charge < -0.3 is 5.32 Å². The molecule has 1 amide bonds. The van der Waals surface area contributed by atoms with Crippen LogP contribution in [0.15, 0.2) is 41.8 Å². The fourth-order valence-electron chi connectivity index (χ4n) is 1.89. The van der Waals surface area contributed by atoms with Crippen LogP contribution in [-0.2, 0) is 6.42 Å². The van der Waals surface area contributed by atoms with Gasteiger partial charge in [0.2, 0.25) is 0 Å². The average molecular weight is 273 g/mol. The molecule has 1 aromatic heterocycles. The minimum absolute atomic E-state index is 0.0217. The van der Waals surface area contributed by atoms with Gasteiger partial charge in [0.15, 0.2) is 0 Å². The largest absolute Gasteiger partial charge is 0.347 e. The van der Waals surface area contributed by atoms with Gasteiger partial charge in [-0.3, -0.25) is 4.79 Å². The fourth-order valence-corrected chi connectivity index (χ4v) is 2.71. The van der Waals surface area contributed by atoms with Crippen LogP contribution >= 0.6 is 11.3 Å². The highest BCUT2D eigenvalue weighted by Gasteiger charge is 2.19. The summed E-state index contributed by atoms with van der Waals surface area (Å²) in [5, 5.41) is 5.00. The van der Waals surface area contributed by atoms with E-state index in [9.17, 15) is 4.79 Å². The lowest BCUT2D eigenvalue weighted by atomic mass is 10.0. The Morgan fingerprint density at radius 1 is 1.16 bits per heavy atom. The van der Waals surface area contributed by atoms with E-state index in [0.29, 0.717) is 0 Å². The van der Waals surface area contributed by atoms with Crippen molar-refractivity contribution in [3.63, 3.8) is 0 Å². The third-order valence-corrected chi connectivity index (χ3v) is 3.63. The molecule has 0 saturated heterocycles. The predicted octanol–water partition coefficient (Wildman–Crippen LogP) is 3.87. The summed E-state index contributed by atoms with van der Waals surface area (Å²) in [6, 6.07) is 12.3. The molecule has 2 nitrogen and oxygen atoms in total. The van der Waals surface area contributed by atoms with Gasteiger partial charge in [0.25, 0.3) is 5.91 Å². The first-order valence-corrected chi connectivity index (χ1v) is 7.26. The maximum Gasteiger partial charge on any atom is 0.262 e. The Kier molecular flexibility index (Phi) is 4.05. The molecule has 0 aliphatic heterocycles. The van der Waals surface area contributed by atoms with Crippen LogP contribution in [0.4, 0.5) is 0 Å². The maximum atomic E-state index is 12.2. The van der Waals surface area contributed by atoms with Crippen LogP contribution in [0.3, 0.4) is 0 Å². The molecule has 0 fully saturated rings. The summed E-state index contributed by atoms with van der Waals surface area (Å²) in [6.45, 7) is 5.99. The van der Waals surface area contributed by atoms with Crippen LogP contribution < -0.4 is 5.32 Å². The maximum absolute atomic E-state index is 12.2. The first kappa shape index (κ1) is 13.8. The Balaban J connectivity index is 2.16. The van der Waals surface area contributed by atoms with Crippen molar-refractivity contribution >= 4 is 17.2 Å². The lowest BCUT2D eigenvalue weighted by molar-refractivity contribution is 0.0923. The van der Waals surface area contributed by atoms with Crippen LogP contribution in [0.5, 0.6) is 0 Å². The lowest BCUT2D eigenvalue weighted by Gasteiger charge is -2.20. The Hall–Kier alpha value is -1.61. The topological polar surface area (TPSA) is 29.1 Å². The fraction of sp³-hybridized carbons (Fsp3) is 0.312. The number of hydrogen-bond acceptors (Lipinski definition) is 2. The van der Waals surface area contributed by atoms with Crippen molar-refractivity contribution in [3.05, 3.63) is 57.8 Å².